The van der Waals surface area contributed by atoms with E-state index >= 15 is 0 Å². The van der Waals surface area contributed by atoms with Gasteiger partial charge in [0.2, 0.25) is 0 Å². The van der Waals surface area contributed by atoms with Gasteiger partial charge in [-0.25, -0.2) is 5.21 Å². The first kappa shape index (κ1) is 21.2. The van der Waals surface area contributed by atoms with Gasteiger partial charge in [0.15, 0.2) is 0 Å². The number of hydrogen-bond donors (Lipinski definition) is 1. The summed E-state index contributed by atoms with van der Waals surface area (Å²) in [5.74, 6) is 2.18. The Bertz CT molecular complexity index is 831. The van der Waals surface area contributed by atoms with Crippen molar-refractivity contribution in [1.82, 2.24) is 4.90 Å². The summed E-state index contributed by atoms with van der Waals surface area (Å²) in [6.07, 6.45) is 4.39. The van der Waals surface area contributed by atoms with Crippen LogP contribution in [0, 0.1) is 0 Å². The second kappa shape index (κ2) is 9.38. The zero-order valence-electron chi connectivity index (χ0n) is 18.3. The van der Waals surface area contributed by atoms with Crippen LogP contribution >= 0.6 is 0 Å². The van der Waals surface area contributed by atoms with Gasteiger partial charge in [-0.3, -0.25) is 0 Å². The quantitative estimate of drug-likeness (QED) is 0.541. The zero-order chi connectivity index (χ0) is 21.0. The molecule has 1 atom stereocenters. The van der Waals surface area contributed by atoms with Crippen LogP contribution in [0.1, 0.15) is 48.3 Å². The van der Waals surface area contributed by atoms with Crippen molar-refractivity contribution in [3.05, 3.63) is 59.2 Å². The molecule has 5 heteroatoms. The van der Waals surface area contributed by atoms with Gasteiger partial charge < -0.3 is 14.4 Å². The third kappa shape index (κ3) is 4.97. The highest BCUT2D eigenvalue weighted by Gasteiger charge is 2.28. The van der Waals surface area contributed by atoms with E-state index in [4.69, 9.17) is 9.47 Å². The fourth-order valence-electron chi connectivity index (χ4n) is 4.91. The molecule has 2 aliphatic rings. The molecule has 0 aromatic heterocycles. The molecule has 2 aromatic carbocycles. The molecule has 0 amide bonds. The van der Waals surface area contributed by atoms with E-state index < -0.39 is 0 Å². The molecule has 5 nitrogen and oxygen atoms in total. The Morgan fingerprint density at radius 3 is 2.50 bits per heavy atom. The lowest BCUT2D eigenvalue weighted by Gasteiger charge is -2.33. The van der Waals surface area contributed by atoms with E-state index in [-0.39, 0.29) is 4.65 Å². The average molecular weight is 412 g/mol. The maximum absolute atomic E-state index is 10.6. The number of likely N-dealkylation sites (N-methyl/N-ethyl adjacent to an activating group) is 1. The van der Waals surface area contributed by atoms with Crippen molar-refractivity contribution in [2.45, 2.75) is 38.1 Å². The summed E-state index contributed by atoms with van der Waals surface area (Å²) in [5.41, 5.74) is 4.04. The van der Waals surface area contributed by atoms with Gasteiger partial charge in [-0.05, 0) is 67.3 Å². The van der Waals surface area contributed by atoms with Crippen LogP contribution in [0.25, 0.3) is 0 Å². The normalized spacial score (nSPS) is 21.1. The lowest BCUT2D eigenvalue weighted by atomic mass is 9.84. The molecule has 0 bridgehead atoms. The van der Waals surface area contributed by atoms with Crippen LogP contribution in [0.4, 0.5) is 0 Å². The Hall–Kier alpha value is -2.08. The molecule has 1 saturated heterocycles. The number of quaternary nitrogens is 1. The van der Waals surface area contributed by atoms with Crippen molar-refractivity contribution < 1.29 is 19.3 Å². The number of hydroxylamine groups is 3. The molecule has 1 N–H and O–H groups in total. The van der Waals surface area contributed by atoms with Crippen LogP contribution in [0.15, 0.2) is 42.5 Å². The zero-order valence-corrected chi connectivity index (χ0v) is 18.3. The van der Waals surface area contributed by atoms with Crippen molar-refractivity contribution in [1.29, 1.82) is 0 Å². The lowest BCUT2D eigenvalue weighted by Crippen LogP contribution is -2.49. The van der Waals surface area contributed by atoms with E-state index in [1.807, 2.05) is 12.1 Å². The third-order valence-corrected chi connectivity index (χ3v) is 6.58. The van der Waals surface area contributed by atoms with Gasteiger partial charge in [-0.2, -0.15) is 4.65 Å². The molecule has 1 unspecified atom stereocenters. The first-order chi connectivity index (χ1) is 14.6. The van der Waals surface area contributed by atoms with E-state index in [0.29, 0.717) is 12.5 Å². The number of rotatable bonds is 7. The molecule has 0 saturated carbocycles. The molecule has 0 radical (unpaired) electrons. The average Bonchev–Trinajstić information content (AvgIpc) is 2.76. The highest BCUT2D eigenvalue weighted by Crippen LogP contribution is 2.35. The minimum atomic E-state index is 0.224. The number of fused-ring (bicyclic) bond motifs is 1. The van der Waals surface area contributed by atoms with Gasteiger partial charge in [0.1, 0.15) is 31.1 Å². The predicted octanol–water partition coefficient (Wildman–Crippen LogP) is 4.43. The molecule has 162 valence electrons. The second-order valence-electron chi connectivity index (χ2n) is 8.91. The monoisotopic (exact) mass is 411 g/mol. The topological polar surface area (TPSA) is 41.9 Å². The Kier molecular flexibility index (Phi) is 6.61. The van der Waals surface area contributed by atoms with Crippen molar-refractivity contribution in [3.63, 3.8) is 0 Å². The Labute approximate surface area is 180 Å². The molecular weight excluding hydrogens is 376 g/mol. The van der Waals surface area contributed by atoms with E-state index in [1.165, 1.54) is 23.1 Å². The summed E-state index contributed by atoms with van der Waals surface area (Å²) in [5, 5.41) is 10.6. The van der Waals surface area contributed by atoms with Gasteiger partial charge in [-0.1, -0.05) is 18.2 Å². The lowest BCUT2D eigenvalue weighted by molar-refractivity contribution is -1.10. The van der Waals surface area contributed by atoms with Gasteiger partial charge in [-0.15, -0.1) is 0 Å². The summed E-state index contributed by atoms with van der Waals surface area (Å²) >= 11 is 0. The summed E-state index contributed by atoms with van der Waals surface area (Å²) in [6, 6.07) is 15.0. The Morgan fingerprint density at radius 1 is 1.03 bits per heavy atom. The molecule has 0 spiro atoms. The largest absolute Gasteiger partial charge is 0.497 e. The number of methoxy groups -OCH3 is 1. The van der Waals surface area contributed by atoms with Crippen molar-refractivity contribution >= 4 is 0 Å². The summed E-state index contributed by atoms with van der Waals surface area (Å²) in [7, 11) is 3.88. The molecule has 30 heavy (non-hydrogen) atoms. The second-order valence-corrected chi connectivity index (χ2v) is 8.91. The van der Waals surface area contributed by atoms with Crippen LogP contribution in [-0.4, -0.2) is 61.7 Å². The summed E-state index contributed by atoms with van der Waals surface area (Å²) in [6.45, 7) is 5.16. The molecule has 0 aliphatic carbocycles. The number of nitrogens with zero attached hydrogens (tertiary/aromatic N) is 2. The van der Waals surface area contributed by atoms with Crippen LogP contribution in [0.3, 0.4) is 0 Å². The van der Waals surface area contributed by atoms with Crippen LogP contribution < -0.4 is 9.47 Å². The van der Waals surface area contributed by atoms with E-state index in [0.717, 1.165) is 63.5 Å². The van der Waals surface area contributed by atoms with E-state index in [1.54, 1.807) is 7.11 Å². The predicted molar refractivity (Wildman–Crippen MR) is 118 cm³/mol. The molecular formula is C25H35N2O3+. The number of hydrogen-bond acceptors (Lipinski definition) is 4. The fourth-order valence-corrected chi connectivity index (χ4v) is 4.91. The number of likely N-dealkylation sites (tertiary alicyclic amines) is 1. The number of piperidine rings is 1. The maximum atomic E-state index is 10.6. The minimum absolute atomic E-state index is 0.224. The first-order valence-electron chi connectivity index (χ1n) is 11.2. The highest BCUT2D eigenvalue weighted by atomic mass is 16.5. The van der Waals surface area contributed by atoms with Gasteiger partial charge in [0, 0.05) is 25.4 Å². The molecule has 2 aliphatic heterocycles. The van der Waals surface area contributed by atoms with E-state index in [9.17, 15) is 5.21 Å². The van der Waals surface area contributed by atoms with Crippen molar-refractivity contribution in [2.24, 2.45) is 0 Å². The smallest absolute Gasteiger partial charge is 0.119 e. The maximum Gasteiger partial charge on any atom is 0.119 e. The fraction of sp³-hybridized carbons (Fsp3) is 0.520. The molecule has 2 heterocycles. The Balaban J connectivity index is 1.40. The van der Waals surface area contributed by atoms with Crippen LogP contribution in [-0.2, 0) is 6.54 Å². The van der Waals surface area contributed by atoms with Crippen LogP contribution in [0.5, 0.6) is 11.5 Å². The highest BCUT2D eigenvalue weighted by molar-refractivity contribution is 5.45. The standard InChI is InChI=1S/C25H35N2O3/c1-26-18-21-17-23(30-16-6-15-27(28)13-4-3-5-14-27)11-12-24(21)25(19-26)20-7-9-22(29-2)10-8-20/h7-12,17,25,28H,3-6,13-16,18-19H2,1-2H3/q+1. The van der Waals surface area contributed by atoms with Crippen molar-refractivity contribution in [3.8, 4) is 11.5 Å². The number of benzene rings is 2. The minimum Gasteiger partial charge on any atom is -0.497 e. The summed E-state index contributed by atoms with van der Waals surface area (Å²) < 4.78 is 11.6. The number of ether oxygens (including phenoxy) is 2. The third-order valence-electron chi connectivity index (χ3n) is 6.58. The SMILES string of the molecule is COc1ccc(C2CN(C)Cc3cc(OCCC[N+]4(O)CCCCC4)ccc32)cc1. The Morgan fingerprint density at radius 2 is 1.77 bits per heavy atom. The molecule has 4 rings (SSSR count). The molecule has 1 fully saturated rings. The van der Waals surface area contributed by atoms with Gasteiger partial charge >= 0.3 is 0 Å². The summed E-state index contributed by atoms with van der Waals surface area (Å²) in [4.78, 5) is 2.37. The van der Waals surface area contributed by atoms with E-state index in [2.05, 4.69) is 42.3 Å². The first-order valence-corrected chi connectivity index (χ1v) is 11.2. The van der Waals surface area contributed by atoms with Crippen LogP contribution in [0.2, 0.25) is 0 Å². The van der Waals surface area contributed by atoms with Gasteiger partial charge in [0.05, 0.1) is 13.7 Å². The van der Waals surface area contributed by atoms with Crippen molar-refractivity contribution in [2.75, 3.05) is 46.9 Å². The van der Waals surface area contributed by atoms with Gasteiger partial charge in [0.25, 0.3) is 0 Å². The molecule has 2 aromatic rings.